The minimum Gasteiger partial charge on any atom is -0.361 e. The van der Waals surface area contributed by atoms with Crippen molar-refractivity contribution in [2.24, 2.45) is 0 Å². The molecule has 0 fully saturated rings. The lowest BCUT2D eigenvalue weighted by Gasteiger charge is -2.34. The van der Waals surface area contributed by atoms with Crippen LogP contribution in [0.2, 0.25) is 0 Å². The van der Waals surface area contributed by atoms with Crippen molar-refractivity contribution in [1.29, 1.82) is 0 Å². The maximum Gasteiger partial charge on any atom is 0.123 e. The Labute approximate surface area is 147 Å². The molecule has 4 heteroatoms. The van der Waals surface area contributed by atoms with Gasteiger partial charge in [0.05, 0.1) is 0 Å². The van der Waals surface area contributed by atoms with Crippen LogP contribution in [0, 0.1) is 0 Å². The first-order valence-corrected chi connectivity index (χ1v) is 9.95. The van der Waals surface area contributed by atoms with Crippen molar-refractivity contribution in [1.82, 2.24) is 14.9 Å². The first kappa shape index (κ1) is 15.9. The van der Waals surface area contributed by atoms with Crippen LogP contribution < -0.4 is 0 Å². The lowest BCUT2D eigenvalue weighted by atomic mass is 9.85. The topological polar surface area (TPSA) is 31.9 Å². The van der Waals surface area contributed by atoms with Gasteiger partial charge in [-0.05, 0) is 62.0 Å². The number of hydrogen-bond acceptors (Lipinski definition) is 3. The van der Waals surface area contributed by atoms with Crippen molar-refractivity contribution >= 4 is 22.2 Å². The lowest BCUT2D eigenvalue weighted by molar-refractivity contribution is 0.192. The van der Waals surface area contributed by atoms with E-state index >= 15 is 0 Å². The summed E-state index contributed by atoms with van der Waals surface area (Å²) >= 11 is 1.74. The monoisotopic (exact) mass is 339 g/mol. The summed E-state index contributed by atoms with van der Waals surface area (Å²) in [7, 11) is 0. The van der Waals surface area contributed by atoms with Gasteiger partial charge in [0.2, 0.25) is 0 Å². The number of H-pyrrole nitrogens is 1. The third-order valence-electron chi connectivity index (χ3n) is 5.13. The predicted octanol–water partition coefficient (Wildman–Crippen LogP) is 4.88. The Kier molecular flexibility index (Phi) is 4.42. The van der Waals surface area contributed by atoms with Crippen LogP contribution in [0.1, 0.15) is 37.8 Å². The molecule has 1 N–H and O–H groups in total. The van der Waals surface area contributed by atoms with Crippen molar-refractivity contribution in [2.75, 3.05) is 13.1 Å². The summed E-state index contributed by atoms with van der Waals surface area (Å²) in [5.74, 6) is 0. The zero-order valence-corrected chi connectivity index (χ0v) is 15.3. The molecular formula is C20H25N3S. The number of thiazole rings is 1. The summed E-state index contributed by atoms with van der Waals surface area (Å²) < 4.78 is 0. The first-order chi connectivity index (χ1) is 11.8. The van der Waals surface area contributed by atoms with Gasteiger partial charge in [-0.1, -0.05) is 13.8 Å². The van der Waals surface area contributed by atoms with Crippen molar-refractivity contribution in [3.05, 3.63) is 41.0 Å². The van der Waals surface area contributed by atoms with E-state index in [0.29, 0.717) is 6.04 Å². The number of aromatic amines is 1. The Morgan fingerprint density at radius 3 is 2.75 bits per heavy atom. The summed E-state index contributed by atoms with van der Waals surface area (Å²) in [5.41, 5.74) is 5.58. The molecule has 3 aromatic rings. The molecule has 0 radical (unpaired) electrons. The van der Waals surface area contributed by atoms with Crippen LogP contribution in [0.15, 0.2) is 29.9 Å². The maximum atomic E-state index is 4.58. The second-order valence-electron chi connectivity index (χ2n) is 6.76. The van der Waals surface area contributed by atoms with E-state index in [-0.39, 0.29) is 0 Å². The molecule has 0 spiro atoms. The van der Waals surface area contributed by atoms with Gasteiger partial charge in [-0.3, -0.25) is 4.90 Å². The van der Waals surface area contributed by atoms with E-state index in [1.54, 1.807) is 11.3 Å². The van der Waals surface area contributed by atoms with Crippen LogP contribution in [-0.2, 0) is 12.8 Å². The summed E-state index contributed by atoms with van der Waals surface area (Å²) in [5, 5.41) is 4.68. The van der Waals surface area contributed by atoms with Gasteiger partial charge in [-0.2, -0.15) is 0 Å². The van der Waals surface area contributed by atoms with E-state index < -0.39 is 0 Å². The number of benzene rings is 1. The molecule has 1 atom stereocenters. The highest BCUT2D eigenvalue weighted by Gasteiger charge is 2.28. The molecule has 0 amide bonds. The van der Waals surface area contributed by atoms with Crippen LogP contribution in [0.4, 0.5) is 0 Å². The molecule has 0 saturated heterocycles. The number of hydrogen-bond donors (Lipinski definition) is 1. The molecule has 1 aliphatic carbocycles. The van der Waals surface area contributed by atoms with Crippen LogP contribution in [0.3, 0.4) is 0 Å². The van der Waals surface area contributed by atoms with Gasteiger partial charge in [0.15, 0.2) is 0 Å². The molecule has 24 heavy (non-hydrogen) atoms. The first-order valence-electron chi connectivity index (χ1n) is 9.07. The SMILES string of the molecule is CCCN(CCC)C1Cc2c[nH]c3ccc(-c4nccs4)c(c23)C1. The van der Waals surface area contributed by atoms with Gasteiger partial charge in [0.25, 0.3) is 0 Å². The van der Waals surface area contributed by atoms with Gasteiger partial charge in [0.1, 0.15) is 5.01 Å². The highest BCUT2D eigenvalue weighted by molar-refractivity contribution is 7.13. The van der Waals surface area contributed by atoms with Gasteiger partial charge in [0, 0.05) is 40.3 Å². The minimum absolute atomic E-state index is 0.609. The third kappa shape index (κ3) is 2.68. The summed E-state index contributed by atoms with van der Waals surface area (Å²) in [6.07, 6.45) is 8.88. The van der Waals surface area contributed by atoms with E-state index in [0.717, 1.165) is 17.8 Å². The molecule has 1 aromatic carbocycles. The van der Waals surface area contributed by atoms with E-state index in [4.69, 9.17) is 0 Å². The van der Waals surface area contributed by atoms with E-state index in [9.17, 15) is 0 Å². The van der Waals surface area contributed by atoms with Crippen LogP contribution in [-0.4, -0.2) is 34.0 Å². The summed E-state index contributed by atoms with van der Waals surface area (Å²) in [6.45, 7) is 6.96. The number of nitrogens with zero attached hydrogens (tertiary/aromatic N) is 2. The molecule has 0 saturated carbocycles. The summed E-state index contributed by atoms with van der Waals surface area (Å²) in [6, 6.07) is 5.08. The molecule has 1 unspecified atom stereocenters. The minimum atomic E-state index is 0.609. The maximum absolute atomic E-state index is 4.58. The van der Waals surface area contributed by atoms with Crippen molar-refractivity contribution in [3.8, 4) is 10.6 Å². The van der Waals surface area contributed by atoms with Crippen molar-refractivity contribution < 1.29 is 0 Å². The molecule has 4 rings (SSSR count). The highest BCUT2D eigenvalue weighted by Crippen LogP contribution is 2.38. The summed E-state index contributed by atoms with van der Waals surface area (Å²) in [4.78, 5) is 10.8. The predicted molar refractivity (Wildman–Crippen MR) is 103 cm³/mol. The normalized spacial score (nSPS) is 17.0. The number of nitrogens with one attached hydrogen (secondary N) is 1. The Morgan fingerprint density at radius 1 is 1.21 bits per heavy atom. The zero-order valence-electron chi connectivity index (χ0n) is 14.5. The molecule has 3 nitrogen and oxygen atoms in total. The molecule has 0 aliphatic heterocycles. The van der Waals surface area contributed by atoms with Gasteiger partial charge >= 0.3 is 0 Å². The average molecular weight is 340 g/mol. The zero-order chi connectivity index (χ0) is 16.5. The molecule has 0 bridgehead atoms. The molecular weight excluding hydrogens is 314 g/mol. The largest absolute Gasteiger partial charge is 0.361 e. The Morgan fingerprint density at radius 2 is 2.04 bits per heavy atom. The van der Waals surface area contributed by atoms with E-state index in [1.807, 2.05) is 6.20 Å². The number of rotatable bonds is 6. The quantitative estimate of drug-likeness (QED) is 0.694. The van der Waals surface area contributed by atoms with Crippen LogP contribution in [0.5, 0.6) is 0 Å². The fourth-order valence-electron chi connectivity index (χ4n) is 4.17. The van der Waals surface area contributed by atoms with Crippen LogP contribution >= 0.6 is 11.3 Å². The van der Waals surface area contributed by atoms with Crippen LogP contribution in [0.25, 0.3) is 21.5 Å². The smallest absolute Gasteiger partial charge is 0.123 e. The Balaban J connectivity index is 1.78. The third-order valence-corrected chi connectivity index (χ3v) is 5.94. The van der Waals surface area contributed by atoms with Crippen molar-refractivity contribution in [3.63, 3.8) is 0 Å². The second-order valence-corrected chi connectivity index (χ2v) is 7.66. The molecule has 2 aromatic heterocycles. The molecule has 126 valence electrons. The van der Waals surface area contributed by atoms with Gasteiger partial charge in [-0.25, -0.2) is 4.98 Å². The molecule has 1 aliphatic rings. The molecule has 2 heterocycles. The second kappa shape index (κ2) is 6.69. The fraction of sp³-hybridized carbons (Fsp3) is 0.450. The van der Waals surface area contributed by atoms with Crippen molar-refractivity contribution in [2.45, 2.75) is 45.6 Å². The van der Waals surface area contributed by atoms with E-state index in [2.05, 4.69) is 52.4 Å². The van der Waals surface area contributed by atoms with E-state index in [1.165, 1.54) is 53.5 Å². The Hall–Kier alpha value is -1.65. The van der Waals surface area contributed by atoms with Gasteiger partial charge in [-0.15, -0.1) is 11.3 Å². The average Bonchev–Trinajstić information content (AvgIpc) is 3.26. The fourth-order valence-corrected chi connectivity index (χ4v) is 4.86. The standard InChI is InChI=1S/C20H25N3S/c1-3-8-23(9-4-2)15-11-14-13-22-18-6-5-16(17(12-15)19(14)18)20-21-7-10-24-20/h5-7,10,13,15,22H,3-4,8-9,11-12H2,1-2H3. The van der Waals surface area contributed by atoms with Gasteiger partial charge < -0.3 is 4.98 Å². The highest BCUT2D eigenvalue weighted by atomic mass is 32.1. The Bertz CT molecular complexity index is 813. The lowest BCUT2D eigenvalue weighted by Crippen LogP contribution is -2.41. The number of aromatic nitrogens is 2.